The summed E-state index contributed by atoms with van der Waals surface area (Å²) in [4.78, 5) is 14.5. The first-order valence-electron chi connectivity index (χ1n) is 9.75. The lowest BCUT2D eigenvalue weighted by Gasteiger charge is -2.33. The summed E-state index contributed by atoms with van der Waals surface area (Å²) in [6, 6.07) is 8.12. The second-order valence-corrected chi connectivity index (χ2v) is 7.40. The Morgan fingerprint density at radius 2 is 1.80 bits per heavy atom. The monoisotopic (exact) mass is 345 g/mol. The molecule has 1 aromatic carbocycles. The van der Waals surface area contributed by atoms with Crippen LogP contribution in [0.15, 0.2) is 24.3 Å². The van der Waals surface area contributed by atoms with Crippen molar-refractivity contribution in [1.29, 1.82) is 0 Å². The zero-order chi connectivity index (χ0) is 17.5. The van der Waals surface area contributed by atoms with Crippen LogP contribution in [0.5, 0.6) is 0 Å². The van der Waals surface area contributed by atoms with E-state index in [0.29, 0.717) is 12.5 Å². The number of aliphatic hydroxyl groups excluding tert-OH is 1. The van der Waals surface area contributed by atoms with E-state index in [0.717, 1.165) is 43.9 Å². The van der Waals surface area contributed by atoms with Crippen LogP contribution in [-0.4, -0.2) is 43.3 Å². The van der Waals surface area contributed by atoms with Gasteiger partial charge < -0.3 is 20.6 Å². The van der Waals surface area contributed by atoms with Crippen molar-refractivity contribution in [3.63, 3.8) is 0 Å². The number of aliphatic hydroxyl groups is 1. The molecule has 0 aromatic heterocycles. The molecule has 1 saturated heterocycles. The smallest absolute Gasteiger partial charge is 0.239 e. The van der Waals surface area contributed by atoms with Gasteiger partial charge in [0.25, 0.3) is 0 Å². The van der Waals surface area contributed by atoms with Crippen LogP contribution >= 0.6 is 0 Å². The van der Waals surface area contributed by atoms with Crippen LogP contribution in [0.25, 0.3) is 0 Å². The van der Waals surface area contributed by atoms with Gasteiger partial charge in [0.1, 0.15) is 0 Å². The van der Waals surface area contributed by atoms with Gasteiger partial charge in [-0.2, -0.15) is 0 Å². The number of para-hydroxylation sites is 2. The van der Waals surface area contributed by atoms with Crippen molar-refractivity contribution in [3.8, 4) is 0 Å². The van der Waals surface area contributed by atoms with Gasteiger partial charge in [-0.25, -0.2) is 0 Å². The SMILES string of the molecule is O=C(CNc1ccccc1N1CCC(O)CC1)NCC1CCCCC1. The minimum atomic E-state index is -0.179. The van der Waals surface area contributed by atoms with Gasteiger partial charge in [0.15, 0.2) is 0 Å². The molecule has 0 atom stereocenters. The van der Waals surface area contributed by atoms with Crippen LogP contribution in [0.3, 0.4) is 0 Å². The Kier molecular flexibility index (Phi) is 6.56. The first-order chi connectivity index (χ1) is 12.2. The average Bonchev–Trinajstić information content (AvgIpc) is 2.66. The average molecular weight is 345 g/mol. The predicted molar refractivity (Wildman–Crippen MR) is 102 cm³/mol. The molecule has 3 rings (SSSR count). The molecule has 25 heavy (non-hydrogen) atoms. The highest BCUT2D eigenvalue weighted by molar-refractivity contribution is 5.82. The second-order valence-electron chi connectivity index (χ2n) is 7.40. The van der Waals surface area contributed by atoms with E-state index < -0.39 is 0 Å². The van der Waals surface area contributed by atoms with Gasteiger partial charge in [-0.05, 0) is 43.7 Å². The number of hydrogen-bond donors (Lipinski definition) is 3. The van der Waals surface area contributed by atoms with E-state index in [1.807, 2.05) is 18.2 Å². The molecule has 2 aliphatic rings. The lowest BCUT2D eigenvalue weighted by Crippen LogP contribution is -2.37. The van der Waals surface area contributed by atoms with Gasteiger partial charge in [-0.15, -0.1) is 0 Å². The predicted octanol–water partition coefficient (Wildman–Crippen LogP) is 2.76. The molecule has 0 radical (unpaired) electrons. The van der Waals surface area contributed by atoms with Crippen molar-refractivity contribution < 1.29 is 9.90 Å². The minimum Gasteiger partial charge on any atom is -0.393 e. The summed E-state index contributed by atoms with van der Waals surface area (Å²) in [6.07, 6.45) is 7.87. The number of hydrogen-bond acceptors (Lipinski definition) is 4. The molecule has 138 valence electrons. The number of rotatable bonds is 6. The summed E-state index contributed by atoms with van der Waals surface area (Å²) in [5.41, 5.74) is 2.11. The number of carbonyl (C=O) groups is 1. The van der Waals surface area contributed by atoms with Gasteiger partial charge in [0, 0.05) is 19.6 Å². The number of nitrogens with zero attached hydrogens (tertiary/aromatic N) is 1. The van der Waals surface area contributed by atoms with Crippen molar-refractivity contribution in [1.82, 2.24) is 5.32 Å². The van der Waals surface area contributed by atoms with Crippen LogP contribution in [0, 0.1) is 5.92 Å². The van der Waals surface area contributed by atoms with E-state index in [1.165, 1.54) is 32.1 Å². The summed E-state index contributed by atoms with van der Waals surface area (Å²) in [5.74, 6) is 0.721. The molecule has 1 aromatic rings. The Labute approximate surface area is 150 Å². The van der Waals surface area contributed by atoms with Gasteiger partial charge in [-0.1, -0.05) is 31.4 Å². The first kappa shape index (κ1) is 18.1. The molecule has 5 nitrogen and oxygen atoms in total. The lowest BCUT2D eigenvalue weighted by atomic mass is 9.89. The van der Waals surface area contributed by atoms with Gasteiger partial charge in [0.05, 0.1) is 24.0 Å². The van der Waals surface area contributed by atoms with E-state index in [1.54, 1.807) is 0 Å². The molecule has 5 heteroatoms. The number of carbonyl (C=O) groups excluding carboxylic acids is 1. The molecule has 1 heterocycles. The topological polar surface area (TPSA) is 64.6 Å². The van der Waals surface area contributed by atoms with Crippen molar-refractivity contribution in [2.24, 2.45) is 5.92 Å². The number of piperidine rings is 1. The normalized spacial score (nSPS) is 19.6. The Hall–Kier alpha value is -1.75. The maximum Gasteiger partial charge on any atom is 0.239 e. The highest BCUT2D eigenvalue weighted by Gasteiger charge is 2.19. The summed E-state index contributed by atoms with van der Waals surface area (Å²) >= 11 is 0. The minimum absolute atomic E-state index is 0.0643. The van der Waals surface area contributed by atoms with Crippen molar-refractivity contribution in [3.05, 3.63) is 24.3 Å². The Morgan fingerprint density at radius 1 is 1.08 bits per heavy atom. The van der Waals surface area contributed by atoms with E-state index in [4.69, 9.17) is 0 Å². The Morgan fingerprint density at radius 3 is 2.56 bits per heavy atom. The van der Waals surface area contributed by atoms with Crippen LogP contribution in [0.1, 0.15) is 44.9 Å². The fourth-order valence-electron chi connectivity index (χ4n) is 3.89. The van der Waals surface area contributed by atoms with Gasteiger partial charge in [0.2, 0.25) is 5.91 Å². The molecule has 0 unspecified atom stereocenters. The molecular weight excluding hydrogens is 314 g/mol. The Bertz CT molecular complexity index is 550. The molecule has 1 amide bonds. The fourth-order valence-corrected chi connectivity index (χ4v) is 3.89. The summed E-state index contributed by atoms with van der Waals surface area (Å²) in [5, 5.41) is 16.1. The molecular formula is C20H31N3O2. The zero-order valence-electron chi connectivity index (χ0n) is 15.0. The summed E-state index contributed by atoms with van der Waals surface area (Å²) in [6.45, 7) is 2.83. The van der Waals surface area contributed by atoms with Crippen LogP contribution in [0.2, 0.25) is 0 Å². The number of amides is 1. The van der Waals surface area contributed by atoms with Crippen LogP contribution < -0.4 is 15.5 Å². The standard InChI is InChI=1S/C20H31N3O2/c24-17-10-12-23(13-11-17)19-9-5-4-8-18(19)21-15-20(25)22-14-16-6-2-1-3-7-16/h4-5,8-9,16-17,21,24H,1-3,6-7,10-15H2,(H,22,25). The van der Waals surface area contributed by atoms with Crippen LogP contribution in [-0.2, 0) is 4.79 Å². The van der Waals surface area contributed by atoms with Crippen molar-refractivity contribution >= 4 is 17.3 Å². The summed E-state index contributed by atoms with van der Waals surface area (Å²) in [7, 11) is 0. The van der Waals surface area contributed by atoms with Gasteiger partial charge >= 0.3 is 0 Å². The molecule has 1 aliphatic heterocycles. The quantitative estimate of drug-likeness (QED) is 0.742. The molecule has 0 bridgehead atoms. The molecule has 1 aliphatic carbocycles. The van der Waals surface area contributed by atoms with E-state index in [2.05, 4.69) is 21.6 Å². The van der Waals surface area contributed by atoms with E-state index >= 15 is 0 Å². The van der Waals surface area contributed by atoms with Crippen LogP contribution in [0.4, 0.5) is 11.4 Å². The van der Waals surface area contributed by atoms with Crippen molar-refractivity contribution in [2.75, 3.05) is 36.4 Å². The van der Waals surface area contributed by atoms with Crippen molar-refractivity contribution in [2.45, 2.75) is 51.0 Å². The van der Waals surface area contributed by atoms with E-state index in [-0.39, 0.29) is 12.0 Å². The fraction of sp³-hybridized carbons (Fsp3) is 0.650. The Balaban J connectivity index is 1.48. The summed E-state index contributed by atoms with van der Waals surface area (Å²) < 4.78 is 0. The second kappa shape index (κ2) is 9.09. The number of benzene rings is 1. The highest BCUT2D eigenvalue weighted by atomic mass is 16.3. The number of nitrogens with one attached hydrogen (secondary N) is 2. The third-order valence-corrected chi connectivity index (χ3v) is 5.46. The maximum atomic E-state index is 12.2. The first-order valence-corrected chi connectivity index (χ1v) is 9.75. The number of anilines is 2. The third-order valence-electron chi connectivity index (χ3n) is 5.46. The lowest BCUT2D eigenvalue weighted by molar-refractivity contribution is -0.119. The van der Waals surface area contributed by atoms with Gasteiger partial charge in [-0.3, -0.25) is 4.79 Å². The maximum absolute atomic E-state index is 12.2. The molecule has 1 saturated carbocycles. The molecule has 2 fully saturated rings. The molecule has 0 spiro atoms. The van der Waals surface area contributed by atoms with E-state index in [9.17, 15) is 9.90 Å². The third kappa shape index (κ3) is 5.36. The largest absolute Gasteiger partial charge is 0.393 e. The highest BCUT2D eigenvalue weighted by Crippen LogP contribution is 2.28. The molecule has 3 N–H and O–H groups in total. The zero-order valence-corrected chi connectivity index (χ0v) is 15.0.